The van der Waals surface area contributed by atoms with Crippen LogP contribution in [0.3, 0.4) is 0 Å². The van der Waals surface area contributed by atoms with E-state index in [0.29, 0.717) is 16.4 Å². The highest BCUT2D eigenvalue weighted by Crippen LogP contribution is 2.22. The van der Waals surface area contributed by atoms with E-state index in [1.54, 1.807) is 11.0 Å². The van der Waals surface area contributed by atoms with Gasteiger partial charge in [-0.15, -0.1) is 11.3 Å². The van der Waals surface area contributed by atoms with Crippen molar-refractivity contribution in [2.24, 2.45) is 7.05 Å². The summed E-state index contributed by atoms with van der Waals surface area (Å²) >= 11 is 1.39. The van der Waals surface area contributed by atoms with Crippen LogP contribution in [0.2, 0.25) is 0 Å². The van der Waals surface area contributed by atoms with Crippen LogP contribution in [-0.2, 0) is 7.05 Å². The predicted octanol–water partition coefficient (Wildman–Crippen LogP) is 2.81. The second kappa shape index (κ2) is 5.69. The number of nitrogens with zero attached hydrogens (tertiary/aromatic N) is 4. The molecule has 2 aromatic heterocycles. The normalized spacial score (nSPS) is 10.7. The number of anilines is 1. The van der Waals surface area contributed by atoms with E-state index < -0.39 is 0 Å². The summed E-state index contributed by atoms with van der Waals surface area (Å²) < 4.78 is 1.64. The van der Waals surface area contributed by atoms with E-state index in [9.17, 15) is 4.79 Å². The third kappa shape index (κ3) is 2.89. The average Bonchev–Trinajstić information content (AvgIpc) is 3.05. The Morgan fingerprint density at radius 2 is 2.14 bits per heavy atom. The molecular formula is C15H15N5OS. The van der Waals surface area contributed by atoms with Crippen molar-refractivity contribution >= 4 is 22.9 Å². The van der Waals surface area contributed by atoms with Gasteiger partial charge in [0.25, 0.3) is 5.91 Å². The van der Waals surface area contributed by atoms with Gasteiger partial charge in [0.05, 0.1) is 10.7 Å². The van der Waals surface area contributed by atoms with Gasteiger partial charge in [0.15, 0.2) is 5.82 Å². The fourth-order valence-electron chi connectivity index (χ4n) is 2.14. The largest absolute Gasteiger partial charge is 0.321 e. The second-order valence-corrected chi connectivity index (χ2v) is 6.13. The van der Waals surface area contributed by atoms with Gasteiger partial charge >= 0.3 is 0 Å². The summed E-state index contributed by atoms with van der Waals surface area (Å²) in [6.07, 6.45) is 1.64. The van der Waals surface area contributed by atoms with Gasteiger partial charge in [-0.25, -0.2) is 9.97 Å². The number of hydrogen-bond donors (Lipinski definition) is 1. The standard InChI is InChI=1S/C15H15N5OS/c1-9-13(22-10(2)17-9)15(21)18-12-6-4-5-11(7-12)14-16-8-20(3)19-14/h4-8H,1-3H3,(H,18,21). The minimum Gasteiger partial charge on any atom is -0.321 e. The number of rotatable bonds is 3. The molecule has 0 saturated heterocycles. The Morgan fingerprint density at radius 1 is 1.32 bits per heavy atom. The quantitative estimate of drug-likeness (QED) is 0.807. The first-order valence-electron chi connectivity index (χ1n) is 6.74. The molecule has 1 amide bonds. The van der Waals surface area contributed by atoms with Crippen molar-refractivity contribution in [3.05, 3.63) is 46.2 Å². The number of amides is 1. The van der Waals surface area contributed by atoms with Crippen LogP contribution < -0.4 is 5.32 Å². The van der Waals surface area contributed by atoms with Gasteiger partial charge < -0.3 is 5.32 Å². The summed E-state index contributed by atoms with van der Waals surface area (Å²) in [5.41, 5.74) is 2.32. The highest BCUT2D eigenvalue weighted by Gasteiger charge is 2.14. The fourth-order valence-corrected chi connectivity index (χ4v) is 2.95. The van der Waals surface area contributed by atoms with Gasteiger partial charge in [-0.3, -0.25) is 9.48 Å². The molecule has 0 radical (unpaired) electrons. The summed E-state index contributed by atoms with van der Waals surface area (Å²) in [7, 11) is 1.82. The van der Waals surface area contributed by atoms with E-state index in [-0.39, 0.29) is 5.91 Å². The number of nitrogens with one attached hydrogen (secondary N) is 1. The van der Waals surface area contributed by atoms with Crippen molar-refractivity contribution in [3.63, 3.8) is 0 Å². The van der Waals surface area contributed by atoms with Crippen molar-refractivity contribution in [1.29, 1.82) is 0 Å². The molecule has 7 heteroatoms. The molecule has 0 aliphatic carbocycles. The van der Waals surface area contributed by atoms with Crippen LogP contribution >= 0.6 is 11.3 Å². The number of aromatic nitrogens is 4. The van der Waals surface area contributed by atoms with E-state index in [1.807, 2.05) is 45.2 Å². The van der Waals surface area contributed by atoms with Crippen LogP contribution in [0.5, 0.6) is 0 Å². The Bertz CT molecular complexity index is 836. The topological polar surface area (TPSA) is 72.7 Å². The van der Waals surface area contributed by atoms with Gasteiger partial charge in [-0.2, -0.15) is 5.10 Å². The van der Waals surface area contributed by atoms with Crippen molar-refractivity contribution in [2.45, 2.75) is 13.8 Å². The van der Waals surface area contributed by atoms with E-state index in [0.717, 1.165) is 16.3 Å². The zero-order chi connectivity index (χ0) is 15.7. The minimum atomic E-state index is -0.144. The van der Waals surface area contributed by atoms with E-state index >= 15 is 0 Å². The summed E-state index contributed by atoms with van der Waals surface area (Å²) in [6, 6.07) is 7.48. The van der Waals surface area contributed by atoms with Gasteiger partial charge in [0, 0.05) is 18.3 Å². The van der Waals surface area contributed by atoms with Crippen LogP contribution in [0.15, 0.2) is 30.6 Å². The molecule has 112 valence electrons. The molecule has 0 fully saturated rings. The summed E-state index contributed by atoms with van der Waals surface area (Å²) in [6.45, 7) is 3.73. The Kier molecular flexibility index (Phi) is 3.72. The molecule has 3 rings (SSSR count). The lowest BCUT2D eigenvalue weighted by Gasteiger charge is -2.05. The third-order valence-electron chi connectivity index (χ3n) is 3.09. The van der Waals surface area contributed by atoms with Crippen molar-refractivity contribution < 1.29 is 4.79 Å². The highest BCUT2D eigenvalue weighted by molar-refractivity contribution is 7.13. The molecule has 0 saturated carbocycles. The first kappa shape index (κ1) is 14.4. The molecule has 0 aliphatic rings. The molecule has 2 heterocycles. The predicted molar refractivity (Wildman–Crippen MR) is 86.0 cm³/mol. The maximum absolute atomic E-state index is 12.3. The average molecular weight is 313 g/mol. The SMILES string of the molecule is Cc1nc(C)c(C(=O)Nc2cccc(-c3ncn(C)n3)c2)s1. The van der Waals surface area contributed by atoms with E-state index in [4.69, 9.17) is 0 Å². The van der Waals surface area contributed by atoms with Crippen LogP contribution in [0.1, 0.15) is 20.4 Å². The number of thiazole rings is 1. The molecule has 6 nitrogen and oxygen atoms in total. The summed E-state index contributed by atoms with van der Waals surface area (Å²) in [4.78, 5) is 21.5. The summed E-state index contributed by atoms with van der Waals surface area (Å²) in [5, 5.41) is 8.04. The number of hydrogen-bond acceptors (Lipinski definition) is 5. The summed E-state index contributed by atoms with van der Waals surface area (Å²) in [5.74, 6) is 0.484. The van der Waals surface area contributed by atoms with E-state index in [2.05, 4.69) is 20.4 Å². The third-order valence-corrected chi connectivity index (χ3v) is 4.16. The first-order chi connectivity index (χ1) is 10.5. The second-order valence-electron chi connectivity index (χ2n) is 4.92. The van der Waals surface area contributed by atoms with Gasteiger partial charge in [0.1, 0.15) is 11.2 Å². The van der Waals surface area contributed by atoms with Crippen molar-refractivity contribution in [2.75, 3.05) is 5.32 Å². The fraction of sp³-hybridized carbons (Fsp3) is 0.200. The molecule has 1 N–H and O–H groups in total. The lowest BCUT2D eigenvalue weighted by Crippen LogP contribution is -2.11. The molecular weight excluding hydrogens is 298 g/mol. The first-order valence-corrected chi connectivity index (χ1v) is 7.56. The number of carbonyl (C=O) groups is 1. The number of carbonyl (C=O) groups excluding carboxylic acids is 1. The zero-order valence-electron chi connectivity index (χ0n) is 12.5. The lowest BCUT2D eigenvalue weighted by molar-refractivity contribution is 0.103. The molecule has 0 bridgehead atoms. The molecule has 0 spiro atoms. The van der Waals surface area contributed by atoms with Gasteiger partial charge in [-0.05, 0) is 26.0 Å². The minimum absolute atomic E-state index is 0.144. The van der Waals surface area contributed by atoms with Crippen molar-refractivity contribution in [3.8, 4) is 11.4 Å². The lowest BCUT2D eigenvalue weighted by atomic mass is 10.2. The zero-order valence-corrected chi connectivity index (χ0v) is 13.3. The Labute approximate surface area is 131 Å². The number of benzene rings is 1. The Balaban J connectivity index is 1.84. The van der Waals surface area contributed by atoms with Crippen molar-refractivity contribution in [1.82, 2.24) is 19.7 Å². The molecule has 1 aromatic carbocycles. The van der Waals surface area contributed by atoms with Crippen LogP contribution in [-0.4, -0.2) is 25.7 Å². The van der Waals surface area contributed by atoms with Crippen LogP contribution in [0.25, 0.3) is 11.4 Å². The smallest absolute Gasteiger partial charge is 0.267 e. The molecule has 0 atom stereocenters. The van der Waals surface area contributed by atoms with Crippen LogP contribution in [0, 0.1) is 13.8 Å². The Hall–Kier alpha value is -2.54. The maximum atomic E-state index is 12.3. The molecule has 0 aliphatic heterocycles. The molecule has 0 unspecified atom stereocenters. The molecule has 3 aromatic rings. The van der Waals surface area contributed by atoms with Gasteiger partial charge in [0.2, 0.25) is 0 Å². The maximum Gasteiger partial charge on any atom is 0.267 e. The molecule has 22 heavy (non-hydrogen) atoms. The number of aryl methyl sites for hydroxylation is 3. The Morgan fingerprint density at radius 3 is 2.77 bits per heavy atom. The van der Waals surface area contributed by atoms with E-state index in [1.165, 1.54) is 11.3 Å². The highest BCUT2D eigenvalue weighted by atomic mass is 32.1. The van der Waals surface area contributed by atoms with Crippen LogP contribution in [0.4, 0.5) is 5.69 Å². The van der Waals surface area contributed by atoms with Gasteiger partial charge in [-0.1, -0.05) is 12.1 Å². The monoisotopic (exact) mass is 313 g/mol.